The van der Waals surface area contributed by atoms with Crippen LogP contribution in [0, 0.1) is 0 Å². The van der Waals surface area contributed by atoms with Crippen molar-refractivity contribution < 1.29 is 9.53 Å². The topological polar surface area (TPSA) is 72.0 Å². The van der Waals surface area contributed by atoms with E-state index in [2.05, 4.69) is 9.97 Å². The van der Waals surface area contributed by atoms with Crippen molar-refractivity contribution in [3.05, 3.63) is 57.5 Å². The Bertz CT molecular complexity index is 739. The number of carbonyl (C=O) groups is 1. The summed E-state index contributed by atoms with van der Waals surface area (Å²) >= 11 is 1.46. The molecular formula is C18H22N2O3S. The third-order valence-corrected chi connectivity index (χ3v) is 4.28. The van der Waals surface area contributed by atoms with Gasteiger partial charge in [-0.05, 0) is 30.0 Å². The summed E-state index contributed by atoms with van der Waals surface area (Å²) in [6.45, 7) is 6.40. The summed E-state index contributed by atoms with van der Waals surface area (Å²) in [5, 5.41) is 0.609. The molecule has 0 spiro atoms. The second kappa shape index (κ2) is 8.68. The van der Waals surface area contributed by atoms with E-state index >= 15 is 0 Å². The second-order valence-electron chi connectivity index (χ2n) is 5.75. The number of esters is 1. The Hall–Kier alpha value is -2.08. The maximum Gasteiger partial charge on any atom is 0.338 e. The van der Waals surface area contributed by atoms with Crippen LogP contribution in [-0.4, -0.2) is 22.5 Å². The van der Waals surface area contributed by atoms with E-state index in [0.717, 1.165) is 17.7 Å². The third kappa shape index (κ3) is 5.23. The van der Waals surface area contributed by atoms with Crippen LogP contribution in [0.2, 0.25) is 0 Å². The van der Waals surface area contributed by atoms with E-state index in [9.17, 15) is 9.59 Å². The number of nitrogens with one attached hydrogen (secondary N) is 1. The SMILES string of the molecule is CCCOC(=O)c1ccc(CSc2nc(C(C)C)cc(=O)[nH]2)cc1. The van der Waals surface area contributed by atoms with E-state index < -0.39 is 0 Å². The van der Waals surface area contributed by atoms with Gasteiger partial charge in [0, 0.05) is 11.8 Å². The highest BCUT2D eigenvalue weighted by Gasteiger charge is 2.08. The van der Waals surface area contributed by atoms with Crippen LogP contribution in [0.4, 0.5) is 0 Å². The number of rotatable bonds is 7. The number of aromatic amines is 1. The highest BCUT2D eigenvalue weighted by molar-refractivity contribution is 7.98. The Labute approximate surface area is 145 Å². The van der Waals surface area contributed by atoms with Crippen molar-refractivity contribution in [2.75, 3.05) is 6.61 Å². The number of thioether (sulfide) groups is 1. The number of H-pyrrole nitrogens is 1. The first kappa shape index (κ1) is 18.3. The van der Waals surface area contributed by atoms with Gasteiger partial charge in [0.2, 0.25) is 0 Å². The van der Waals surface area contributed by atoms with Gasteiger partial charge in [0.25, 0.3) is 5.56 Å². The normalized spacial score (nSPS) is 10.8. The van der Waals surface area contributed by atoms with E-state index in [1.165, 1.54) is 17.8 Å². The molecule has 0 unspecified atom stereocenters. The minimum atomic E-state index is -0.299. The third-order valence-electron chi connectivity index (χ3n) is 3.33. The molecule has 2 rings (SSSR count). The molecule has 1 heterocycles. The number of nitrogens with zero attached hydrogens (tertiary/aromatic N) is 1. The smallest absolute Gasteiger partial charge is 0.338 e. The van der Waals surface area contributed by atoms with Crippen LogP contribution in [0.25, 0.3) is 0 Å². The van der Waals surface area contributed by atoms with E-state index in [0.29, 0.717) is 23.1 Å². The van der Waals surface area contributed by atoms with Crippen LogP contribution in [0.3, 0.4) is 0 Å². The van der Waals surface area contributed by atoms with Gasteiger partial charge < -0.3 is 9.72 Å². The highest BCUT2D eigenvalue weighted by Crippen LogP contribution is 2.20. The molecule has 0 aliphatic heterocycles. The van der Waals surface area contributed by atoms with E-state index in [1.807, 2.05) is 32.9 Å². The van der Waals surface area contributed by atoms with Crippen molar-refractivity contribution in [1.29, 1.82) is 0 Å². The largest absolute Gasteiger partial charge is 0.462 e. The van der Waals surface area contributed by atoms with Crippen molar-refractivity contribution in [1.82, 2.24) is 9.97 Å². The second-order valence-corrected chi connectivity index (χ2v) is 6.72. The fraction of sp³-hybridized carbons (Fsp3) is 0.389. The van der Waals surface area contributed by atoms with Gasteiger partial charge in [-0.15, -0.1) is 0 Å². The predicted octanol–water partition coefficient (Wildman–Crippen LogP) is 3.75. The fourth-order valence-corrected chi connectivity index (χ4v) is 2.82. The Morgan fingerprint density at radius 2 is 2.00 bits per heavy atom. The molecule has 1 aromatic heterocycles. The van der Waals surface area contributed by atoms with Gasteiger partial charge in [-0.25, -0.2) is 9.78 Å². The summed E-state index contributed by atoms with van der Waals surface area (Å²) in [7, 11) is 0. The zero-order chi connectivity index (χ0) is 17.5. The molecule has 0 amide bonds. The van der Waals surface area contributed by atoms with Gasteiger partial charge >= 0.3 is 5.97 Å². The molecule has 0 radical (unpaired) electrons. The molecule has 0 saturated heterocycles. The minimum Gasteiger partial charge on any atom is -0.462 e. The number of hydrogen-bond donors (Lipinski definition) is 1. The lowest BCUT2D eigenvalue weighted by Gasteiger charge is -2.07. The summed E-state index contributed by atoms with van der Waals surface area (Å²) in [6.07, 6.45) is 0.807. The van der Waals surface area contributed by atoms with Gasteiger partial charge in [-0.3, -0.25) is 4.79 Å². The molecule has 24 heavy (non-hydrogen) atoms. The number of hydrogen-bond acceptors (Lipinski definition) is 5. The summed E-state index contributed by atoms with van der Waals surface area (Å²) in [5.74, 6) is 0.571. The Morgan fingerprint density at radius 3 is 2.62 bits per heavy atom. The summed E-state index contributed by atoms with van der Waals surface area (Å²) in [5.41, 5.74) is 2.25. The molecule has 0 aliphatic carbocycles. The quantitative estimate of drug-likeness (QED) is 0.469. The van der Waals surface area contributed by atoms with Gasteiger partial charge in [0.15, 0.2) is 5.16 Å². The molecular weight excluding hydrogens is 324 g/mol. The number of aromatic nitrogens is 2. The number of benzene rings is 1. The van der Waals surface area contributed by atoms with Crippen molar-refractivity contribution in [3.8, 4) is 0 Å². The summed E-state index contributed by atoms with van der Waals surface area (Å²) in [6, 6.07) is 8.83. The first-order valence-corrected chi connectivity index (χ1v) is 8.98. The van der Waals surface area contributed by atoms with Crippen LogP contribution in [0.1, 0.15) is 54.7 Å². The molecule has 0 atom stereocenters. The lowest BCUT2D eigenvalue weighted by Crippen LogP contribution is -2.10. The number of carbonyl (C=O) groups excluding carboxylic acids is 1. The molecule has 0 aliphatic rings. The lowest BCUT2D eigenvalue weighted by molar-refractivity contribution is 0.0505. The first-order valence-electron chi connectivity index (χ1n) is 7.99. The minimum absolute atomic E-state index is 0.134. The average molecular weight is 346 g/mol. The molecule has 6 heteroatoms. The fourth-order valence-electron chi connectivity index (χ4n) is 1.98. The van der Waals surface area contributed by atoms with Crippen molar-refractivity contribution in [2.45, 2.75) is 44.0 Å². The molecule has 128 valence electrons. The standard InChI is InChI=1S/C18H22N2O3S/c1-4-9-23-17(22)14-7-5-13(6-8-14)11-24-18-19-15(12(2)3)10-16(21)20-18/h5-8,10,12H,4,9,11H2,1-3H3,(H,19,20,21). The van der Waals surface area contributed by atoms with Crippen molar-refractivity contribution >= 4 is 17.7 Å². The zero-order valence-corrected chi connectivity index (χ0v) is 15.0. The van der Waals surface area contributed by atoms with Crippen LogP contribution < -0.4 is 5.56 Å². The highest BCUT2D eigenvalue weighted by atomic mass is 32.2. The summed E-state index contributed by atoms with van der Waals surface area (Å²) in [4.78, 5) is 30.6. The van der Waals surface area contributed by atoms with Crippen molar-refractivity contribution in [2.24, 2.45) is 0 Å². The first-order chi connectivity index (χ1) is 11.5. The van der Waals surface area contributed by atoms with Gasteiger partial charge in [-0.1, -0.05) is 44.7 Å². The van der Waals surface area contributed by atoms with Crippen LogP contribution >= 0.6 is 11.8 Å². The Balaban J connectivity index is 2.00. The maximum atomic E-state index is 11.8. The maximum absolute atomic E-state index is 11.8. The molecule has 5 nitrogen and oxygen atoms in total. The van der Waals surface area contributed by atoms with E-state index in [-0.39, 0.29) is 17.4 Å². The molecule has 0 fully saturated rings. The Morgan fingerprint density at radius 1 is 1.29 bits per heavy atom. The summed E-state index contributed by atoms with van der Waals surface area (Å²) < 4.78 is 5.10. The van der Waals surface area contributed by atoms with Gasteiger partial charge in [-0.2, -0.15) is 0 Å². The van der Waals surface area contributed by atoms with Crippen LogP contribution in [0.15, 0.2) is 40.3 Å². The molecule has 0 saturated carbocycles. The van der Waals surface area contributed by atoms with Gasteiger partial charge in [0.05, 0.1) is 17.9 Å². The zero-order valence-electron chi connectivity index (χ0n) is 14.2. The van der Waals surface area contributed by atoms with E-state index in [4.69, 9.17) is 4.74 Å². The van der Waals surface area contributed by atoms with Gasteiger partial charge in [0.1, 0.15) is 0 Å². The molecule has 1 N–H and O–H groups in total. The lowest BCUT2D eigenvalue weighted by atomic mass is 10.1. The van der Waals surface area contributed by atoms with Crippen LogP contribution in [0.5, 0.6) is 0 Å². The predicted molar refractivity (Wildman–Crippen MR) is 95.5 cm³/mol. The van der Waals surface area contributed by atoms with Crippen molar-refractivity contribution in [3.63, 3.8) is 0 Å². The molecule has 0 bridgehead atoms. The monoisotopic (exact) mass is 346 g/mol. The molecule has 1 aromatic carbocycles. The van der Waals surface area contributed by atoms with Crippen LogP contribution in [-0.2, 0) is 10.5 Å². The molecule has 2 aromatic rings. The van der Waals surface area contributed by atoms with E-state index in [1.54, 1.807) is 12.1 Å². The number of ether oxygens (including phenoxy) is 1. The average Bonchev–Trinajstić information content (AvgIpc) is 2.57. The Kier molecular flexibility index (Phi) is 6.61.